The molecule has 2 aliphatic heterocycles. The minimum Gasteiger partial charge on any atom is -0.459 e. The van der Waals surface area contributed by atoms with E-state index < -0.39 is 35.7 Å². The monoisotopic (exact) mass is 617 g/mol. The number of carbonyl (C=O) groups excluding carboxylic acids is 5. The number of piperidine rings is 1. The van der Waals surface area contributed by atoms with Crippen LogP contribution in [0.1, 0.15) is 69.3 Å². The molecule has 1 fully saturated rings. The number of amides is 5. The molecule has 2 aliphatic rings. The maximum absolute atomic E-state index is 13.3. The van der Waals surface area contributed by atoms with E-state index in [-0.39, 0.29) is 36.4 Å². The van der Waals surface area contributed by atoms with Crippen molar-refractivity contribution in [2.45, 2.75) is 37.8 Å². The molecule has 2 N–H and O–H groups in total. The zero-order chi connectivity index (χ0) is 32.2. The Morgan fingerprint density at radius 2 is 1.96 bits per heavy atom. The van der Waals surface area contributed by atoms with Gasteiger partial charge in [0, 0.05) is 41.7 Å². The van der Waals surface area contributed by atoms with E-state index in [9.17, 15) is 24.0 Å². The van der Waals surface area contributed by atoms with Crippen molar-refractivity contribution in [3.05, 3.63) is 101 Å². The third kappa shape index (κ3) is 6.29. The SMILES string of the molecule is CN(CCCC#Cc1cccc2c1C(=O)N(C1CCC(=O)NC1=O)C2=O)CC(=O)NC(c1cccnc1)c1cc2ccccc2o1. The molecule has 11 heteroatoms. The Hall–Kier alpha value is -5.60. The molecule has 0 spiro atoms. The van der Waals surface area contributed by atoms with Gasteiger partial charge in [-0.1, -0.05) is 42.2 Å². The molecule has 6 rings (SSSR count). The molecular weight excluding hydrogens is 586 g/mol. The van der Waals surface area contributed by atoms with Gasteiger partial charge in [-0.25, -0.2) is 0 Å². The number of benzene rings is 2. The highest BCUT2D eigenvalue weighted by Gasteiger charge is 2.45. The molecule has 4 aromatic rings. The molecule has 0 aliphatic carbocycles. The zero-order valence-corrected chi connectivity index (χ0v) is 25.1. The van der Waals surface area contributed by atoms with Gasteiger partial charge in [0.05, 0.1) is 17.7 Å². The van der Waals surface area contributed by atoms with Gasteiger partial charge in [0.2, 0.25) is 17.7 Å². The number of carbonyl (C=O) groups is 5. The molecule has 46 heavy (non-hydrogen) atoms. The van der Waals surface area contributed by atoms with Crippen molar-refractivity contribution < 1.29 is 28.4 Å². The van der Waals surface area contributed by atoms with Crippen LogP contribution in [0.3, 0.4) is 0 Å². The average Bonchev–Trinajstić information content (AvgIpc) is 3.59. The molecule has 2 unspecified atom stereocenters. The molecule has 0 saturated carbocycles. The maximum Gasteiger partial charge on any atom is 0.263 e. The second-order valence-corrected chi connectivity index (χ2v) is 11.3. The van der Waals surface area contributed by atoms with Gasteiger partial charge in [0.1, 0.15) is 23.4 Å². The number of unbranched alkanes of at least 4 members (excludes halogenated alkanes) is 1. The summed E-state index contributed by atoms with van der Waals surface area (Å²) in [4.78, 5) is 70.3. The quantitative estimate of drug-likeness (QED) is 0.166. The third-order valence-corrected chi connectivity index (χ3v) is 8.00. The van der Waals surface area contributed by atoms with Crippen LogP contribution in [0.2, 0.25) is 0 Å². The van der Waals surface area contributed by atoms with Crippen molar-refractivity contribution in [3.63, 3.8) is 0 Å². The Kier molecular flexibility index (Phi) is 8.72. The highest BCUT2D eigenvalue weighted by atomic mass is 16.3. The third-order valence-electron chi connectivity index (χ3n) is 8.00. The van der Waals surface area contributed by atoms with Gasteiger partial charge in [-0.05, 0) is 56.8 Å². The number of hydrogen-bond donors (Lipinski definition) is 2. The van der Waals surface area contributed by atoms with Crippen molar-refractivity contribution in [1.29, 1.82) is 0 Å². The summed E-state index contributed by atoms with van der Waals surface area (Å²) in [6.07, 6.45) is 4.68. The fourth-order valence-electron chi connectivity index (χ4n) is 5.76. The van der Waals surface area contributed by atoms with E-state index in [1.807, 2.05) is 54.4 Å². The lowest BCUT2D eigenvalue weighted by Crippen LogP contribution is -2.54. The van der Waals surface area contributed by atoms with Crippen molar-refractivity contribution >= 4 is 40.5 Å². The van der Waals surface area contributed by atoms with E-state index in [1.54, 1.807) is 30.6 Å². The van der Waals surface area contributed by atoms with E-state index >= 15 is 0 Å². The van der Waals surface area contributed by atoms with Crippen LogP contribution in [0.4, 0.5) is 0 Å². The van der Waals surface area contributed by atoms with Crippen LogP contribution >= 0.6 is 0 Å². The Balaban J connectivity index is 1.05. The Bertz CT molecular complexity index is 1870. The lowest BCUT2D eigenvalue weighted by Gasteiger charge is -2.27. The lowest BCUT2D eigenvalue weighted by molar-refractivity contribution is -0.136. The summed E-state index contributed by atoms with van der Waals surface area (Å²) < 4.78 is 6.06. The summed E-state index contributed by atoms with van der Waals surface area (Å²) in [6.45, 7) is 0.751. The van der Waals surface area contributed by atoms with Crippen molar-refractivity contribution in [1.82, 2.24) is 25.4 Å². The molecule has 0 radical (unpaired) electrons. The zero-order valence-electron chi connectivity index (χ0n) is 25.1. The largest absolute Gasteiger partial charge is 0.459 e. The molecular formula is C35H31N5O6. The van der Waals surface area contributed by atoms with Gasteiger partial charge in [0.15, 0.2) is 0 Å². The molecule has 0 bridgehead atoms. The van der Waals surface area contributed by atoms with Crippen LogP contribution in [-0.4, -0.2) is 70.5 Å². The molecule has 4 heterocycles. The predicted octanol–water partition coefficient (Wildman–Crippen LogP) is 3.20. The van der Waals surface area contributed by atoms with E-state index in [0.717, 1.165) is 21.4 Å². The van der Waals surface area contributed by atoms with Crippen LogP contribution in [0.5, 0.6) is 0 Å². The van der Waals surface area contributed by atoms with Crippen LogP contribution in [-0.2, 0) is 14.4 Å². The summed E-state index contributed by atoms with van der Waals surface area (Å²) >= 11 is 0. The minimum atomic E-state index is -1.03. The van der Waals surface area contributed by atoms with Gasteiger partial charge in [0.25, 0.3) is 11.8 Å². The summed E-state index contributed by atoms with van der Waals surface area (Å²) in [5.41, 5.74) is 2.32. The highest BCUT2D eigenvalue weighted by molar-refractivity contribution is 6.24. The second kappa shape index (κ2) is 13.2. The fraction of sp³-hybridized carbons (Fsp3) is 0.257. The first-order chi connectivity index (χ1) is 22.3. The van der Waals surface area contributed by atoms with E-state index in [0.29, 0.717) is 30.7 Å². The smallest absolute Gasteiger partial charge is 0.263 e. The number of rotatable bonds is 9. The number of para-hydroxylation sites is 1. The first-order valence-electron chi connectivity index (χ1n) is 15.0. The maximum atomic E-state index is 13.3. The van der Waals surface area contributed by atoms with E-state index in [4.69, 9.17) is 4.42 Å². The summed E-state index contributed by atoms with van der Waals surface area (Å²) in [7, 11) is 1.85. The normalized spacial score (nSPS) is 16.7. The molecule has 2 aromatic heterocycles. The van der Waals surface area contributed by atoms with Crippen molar-refractivity contribution in [3.8, 4) is 11.8 Å². The summed E-state index contributed by atoms with van der Waals surface area (Å²) in [6, 6.07) is 16.6. The molecule has 2 aromatic carbocycles. The predicted molar refractivity (Wildman–Crippen MR) is 167 cm³/mol. The van der Waals surface area contributed by atoms with Gasteiger partial charge in [-0.15, -0.1) is 0 Å². The number of pyridine rings is 1. The molecule has 11 nitrogen and oxygen atoms in total. The van der Waals surface area contributed by atoms with Gasteiger partial charge < -0.3 is 9.73 Å². The minimum absolute atomic E-state index is 0.0545. The van der Waals surface area contributed by atoms with Gasteiger partial charge >= 0.3 is 0 Å². The summed E-state index contributed by atoms with van der Waals surface area (Å²) in [5.74, 6) is 4.29. The first-order valence-corrected chi connectivity index (χ1v) is 15.0. The average molecular weight is 618 g/mol. The van der Waals surface area contributed by atoms with Crippen LogP contribution in [0, 0.1) is 11.8 Å². The Morgan fingerprint density at radius 1 is 1.11 bits per heavy atom. The second-order valence-electron chi connectivity index (χ2n) is 11.3. The van der Waals surface area contributed by atoms with Gasteiger partial charge in [-0.3, -0.25) is 44.1 Å². The number of hydrogen-bond acceptors (Lipinski definition) is 8. The Morgan fingerprint density at radius 3 is 2.74 bits per heavy atom. The standard InChI is InChI=1S/C35H31N5O6/c1-39(21-30(42)37-32(24-12-8-17-36-20-24)28-19-23-10-4-5-14-27(23)46-28)18-6-2-3-9-22-11-7-13-25-31(22)35(45)40(34(25)44)26-15-16-29(41)38-33(26)43/h4-5,7-8,10-14,17,19-20,26,32H,2,6,15-16,18,21H2,1H3,(H,37,42)(H,38,41,43). The number of nitrogens with one attached hydrogen (secondary N) is 2. The number of fused-ring (bicyclic) bond motifs is 2. The molecule has 5 amide bonds. The fourth-order valence-corrected chi connectivity index (χ4v) is 5.76. The molecule has 1 saturated heterocycles. The highest BCUT2D eigenvalue weighted by Crippen LogP contribution is 2.30. The molecule has 232 valence electrons. The number of nitrogens with zero attached hydrogens (tertiary/aromatic N) is 3. The lowest BCUT2D eigenvalue weighted by atomic mass is 10.0. The number of aromatic nitrogens is 1. The summed E-state index contributed by atoms with van der Waals surface area (Å²) in [5, 5.41) is 6.23. The number of furan rings is 1. The van der Waals surface area contributed by atoms with E-state index in [1.165, 1.54) is 0 Å². The Labute approximate surface area is 264 Å². The van der Waals surface area contributed by atoms with Crippen molar-refractivity contribution in [2.75, 3.05) is 20.1 Å². The van der Waals surface area contributed by atoms with Gasteiger partial charge in [-0.2, -0.15) is 0 Å². The topological polar surface area (TPSA) is 142 Å². The number of likely N-dealkylation sites (N-methyl/N-ethyl adjacent to an activating group) is 1. The van der Waals surface area contributed by atoms with Crippen LogP contribution in [0.15, 0.2) is 77.5 Å². The molecule has 2 atom stereocenters. The van der Waals surface area contributed by atoms with Crippen molar-refractivity contribution in [2.24, 2.45) is 0 Å². The van der Waals surface area contributed by atoms with Crippen LogP contribution in [0.25, 0.3) is 11.0 Å². The first kappa shape index (κ1) is 30.4. The van der Waals surface area contributed by atoms with E-state index in [2.05, 4.69) is 27.5 Å². The number of imide groups is 2. The van der Waals surface area contributed by atoms with Crippen LogP contribution < -0.4 is 10.6 Å².